The van der Waals surface area contributed by atoms with Crippen LogP contribution in [0.1, 0.15) is 36.6 Å². The highest BCUT2D eigenvalue weighted by molar-refractivity contribution is 9.10. The van der Waals surface area contributed by atoms with Crippen molar-refractivity contribution in [2.24, 2.45) is 0 Å². The molecule has 20 heavy (non-hydrogen) atoms. The quantitative estimate of drug-likeness (QED) is 0.647. The minimum atomic E-state index is 0.340. The van der Waals surface area contributed by atoms with Gasteiger partial charge < -0.3 is 4.74 Å². The van der Waals surface area contributed by atoms with Gasteiger partial charge in [-0.1, -0.05) is 29.8 Å². The van der Waals surface area contributed by atoms with E-state index in [1.165, 1.54) is 0 Å². The minimum absolute atomic E-state index is 0.340. The van der Waals surface area contributed by atoms with Crippen LogP contribution in [0.15, 0.2) is 34.8 Å². The lowest BCUT2D eigenvalue weighted by Gasteiger charge is -2.11. The van der Waals surface area contributed by atoms with Crippen LogP contribution in [-0.4, -0.2) is 4.98 Å². The number of nitrogens with zero attached hydrogens (tertiary/aromatic N) is 1. The van der Waals surface area contributed by atoms with Crippen LogP contribution < -0.4 is 4.74 Å². The first-order chi connectivity index (χ1) is 9.49. The molecular weight excluding hydrogens is 338 g/mol. The zero-order valence-corrected chi connectivity index (χ0v) is 14.1. The van der Waals surface area contributed by atoms with E-state index >= 15 is 0 Å². The van der Waals surface area contributed by atoms with Gasteiger partial charge >= 0.3 is 0 Å². The summed E-state index contributed by atoms with van der Waals surface area (Å²) < 4.78 is 6.92. The van der Waals surface area contributed by atoms with Crippen molar-refractivity contribution in [2.75, 3.05) is 0 Å². The summed E-state index contributed by atoms with van der Waals surface area (Å²) in [4.78, 5) is 4.54. The van der Waals surface area contributed by atoms with Gasteiger partial charge in [0.15, 0.2) is 0 Å². The van der Waals surface area contributed by atoms with Gasteiger partial charge in [-0.25, -0.2) is 4.98 Å². The van der Waals surface area contributed by atoms with Crippen LogP contribution in [0.2, 0.25) is 0 Å². The van der Waals surface area contributed by atoms with Gasteiger partial charge in [-0.15, -0.1) is 11.6 Å². The van der Waals surface area contributed by atoms with Crippen LogP contribution in [0.3, 0.4) is 0 Å². The first kappa shape index (κ1) is 15.3. The third kappa shape index (κ3) is 3.74. The number of pyridine rings is 1. The van der Waals surface area contributed by atoms with Crippen LogP contribution in [-0.2, 0) is 5.88 Å². The summed E-state index contributed by atoms with van der Waals surface area (Å²) >= 11 is 9.41. The molecule has 1 heterocycles. The number of halogens is 2. The van der Waals surface area contributed by atoms with Gasteiger partial charge in [0.2, 0.25) is 5.88 Å². The van der Waals surface area contributed by atoms with Gasteiger partial charge in [0.05, 0.1) is 0 Å². The Hall–Kier alpha value is -1.06. The third-order valence-corrected chi connectivity index (χ3v) is 4.18. The van der Waals surface area contributed by atoms with Crippen molar-refractivity contribution in [3.63, 3.8) is 0 Å². The van der Waals surface area contributed by atoms with E-state index < -0.39 is 0 Å². The van der Waals surface area contributed by atoms with Crippen molar-refractivity contribution >= 4 is 27.5 Å². The molecule has 0 fully saturated rings. The third-order valence-electron chi connectivity index (χ3n) is 2.98. The van der Waals surface area contributed by atoms with E-state index in [-0.39, 0.29) is 0 Å². The average molecular weight is 355 g/mol. The van der Waals surface area contributed by atoms with Gasteiger partial charge in [-0.05, 0) is 48.2 Å². The summed E-state index contributed by atoms with van der Waals surface area (Å²) in [5.74, 6) is 2.16. The summed E-state index contributed by atoms with van der Waals surface area (Å²) in [5, 5.41) is 0. The summed E-state index contributed by atoms with van der Waals surface area (Å²) in [6.07, 6.45) is 0. The standard InChI is InChI=1S/C16H17BrClNO/c1-10(2)15-7-12(9-18)8-16(19-15)20-13-4-5-14(17)11(3)6-13/h4-8,10H,9H2,1-3H3. The largest absolute Gasteiger partial charge is 0.439 e. The monoisotopic (exact) mass is 353 g/mol. The molecule has 0 aliphatic rings. The highest BCUT2D eigenvalue weighted by Gasteiger charge is 2.08. The predicted octanol–water partition coefficient (Wildman–Crippen LogP) is 5.81. The molecule has 2 nitrogen and oxygen atoms in total. The van der Waals surface area contributed by atoms with Crippen molar-refractivity contribution in [3.8, 4) is 11.6 Å². The van der Waals surface area contributed by atoms with Crippen LogP contribution >= 0.6 is 27.5 Å². The van der Waals surface area contributed by atoms with Crippen molar-refractivity contribution in [1.82, 2.24) is 4.98 Å². The normalized spacial score (nSPS) is 10.9. The Morgan fingerprint density at radius 3 is 2.60 bits per heavy atom. The van der Waals surface area contributed by atoms with Gasteiger partial charge in [0.1, 0.15) is 5.75 Å². The molecule has 1 aromatic heterocycles. The van der Waals surface area contributed by atoms with E-state index in [0.29, 0.717) is 17.7 Å². The lowest BCUT2D eigenvalue weighted by molar-refractivity contribution is 0.458. The maximum Gasteiger partial charge on any atom is 0.219 e. The molecule has 0 radical (unpaired) electrons. The van der Waals surface area contributed by atoms with Gasteiger partial charge in [-0.3, -0.25) is 0 Å². The number of benzene rings is 1. The lowest BCUT2D eigenvalue weighted by Crippen LogP contribution is -1.98. The zero-order valence-electron chi connectivity index (χ0n) is 11.8. The maximum atomic E-state index is 5.94. The van der Waals surface area contributed by atoms with Gasteiger partial charge in [-0.2, -0.15) is 0 Å². The van der Waals surface area contributed by atoms with Gasteiger partial charge in [0, 0.05) is 22.1 Å². The summed E-state index contributed by atoms with van der Waals surface area (Å²) in [7, 11) is 0. The Labute approximate surface area is 133 Å². The Balaban J connectivity index is 2.32. The van der Waals surface area contributed by atoms with E-state index in [1.807, 2.05) is 37.3 Å². The predicted molar refractivity (Wildman–Crippen MR) is 86.8 cm³/mol. The number of aromatic nitrogens is 1. The van der Waals surface area contributed by atoms with Crippen molar-refractivity contribution < 1.29 is 4.74 Å². The van der Waals surface area contributed by atoms with E-state index in [2.05, 4.69) is 34.8 Å². The Bertz CT molecular complexity index is 613. The smallest absolute Gasteiger partial charge is 0.219 e. The second kappa shape index (κ2) is 6.59. The molecule has 0 N–H and O–H groups in total. The molecule has 0 spiro atoms. The average Bonchev–Trinajstić information content (AvgIpc) is 2.42. The molecular formula is C16H17BrClNO. The second-order valence-electron chi connectivity index (χ2n) is 5.04. The fourth-order valence-electron chi connectivity index (χ4n) is 1.81. The van der Waals surface area contributed by atoms with Crippen LogP contribution in [0.5, 0.6) is 11.6 Å². The SMILES string of the molecule is Cc1cc(Oc2cc(CCl)cc(C(C)C)n2)ccc1Br. The number of hydrogen-bond donors (Lipinski definition) is 0. The Morgan fingerprint density at radius 1 is 1.25 bits per heavy atom. The second-order valence-corrected chi connectivity index (χ2v) is 6.16. The topological polar surface area (TPSA) is 22.1 Å². The molecule has 0 atom stereocenters. The summed E-state index contributed by atoms with van der Waals surface area (Å²) in [6, 6.07) is 9.78. The molecule has 2 aromatic rings. The number of rotatable bonds is 4. The molecule has 4 heteroatoms. The van der Waals surface area contributed by atoms with Crippen LogP contribution in [0.4, 0.5) is 0 Å². The van der Waals surface area contributed by atoms with E-state index in [1.54, 1.807) is 0 Å². The molecule has 1 aromatic carbocycles. The number of alkyl halides is 1. The molecule has 106 valence electrons. The highest BCUT2D eigenvalue weighted by atomic mass is 79.9. The fourth-order valence-corrected chi connectivity index (χ4v) is 2.21. The maximum absolute atomic E-state index is 5.94. The highest BCUT2D eigenvalue weighted by Crippen LogP contribution is 2.27. The Kier molecular flexibility index (Phi) is 5.06. The molecule has 0 saturated carbocycles. The van der Waals surface area contributed by atoms with Crippen LogP contribution in [0.25, 0.3) is 0 Å². The number of ether oxygens (including phenoxy) is 1. The van der Waals surface area contributed by atoms with Crippen LogP contribution in [0, 0.1) is 6.92 Å². The molecule has 0 aliphatic heterocycles. The molecule has 0 bridgehead atoms. The van der Waals surface area contributed by atoms with E-state index in [4.69, 9.17) is 16.3 Å². The first-order valence-electron chi connectivity index (χ1n) is 6.50. The van der Waals surface area contributed by atoms with Crippen molar-refractivity contribution in [2.45, 2.75) is 32.6 Å². The Morgan fingerprint density at radius 2 is 2.00 bits per heavy atom. The molecule has 2 rings (SSSR count). The zero-order chi connectivity index (χ0) is 14.7. The molecule has 0 unspecified atom stereocenters. The lowest BCUT2D eigenvalue weighted by atomic mass is 10.1. The minimum Gasteiger partial charge on any atom is -0.439 e. The molecule has 0 aliphatic carbocycles. The van der Waals surface area contributed by atoms with Crippen molar-refractivity contribution in [3.05, 3.63) is 51.6 Å². The summed E-state index contributed by atoms with van der Waals surface area (Å²) in [6.45, 7) is 6.24. The first-order valence-corrected chi connectivity index (χ1v) is 7.83. The fraction of sp³-hybridized carbons (Fsp3) is 0.312. The van der Waals surface area contributed by atoms with E-state index in [9.17, 15) is 0 Å². The molecule has 0 saturated heterocycles. The number of aryl methyl sites for hydroxylation is 1. The number of hydrogen-bond acceptors (Lipinski definition) is 2. The summed E-state index contributed by atoms with van der Waals surface area (Å²) in [5.41, 5.74) is 3.14. The van der Waals surface area contributed by atoms with E-state index in [0.717, 1.165) is 27.0 Å². The molecule has 0 amide bonds. The van der Waals surface area contributed by atoms with Gasteiger partial charge in [0.25, 0.3) is 0 Å². The van der Waals surface area contributed by atoms with Crippen molar-refractivity contribution in [1.29, 1.82) is 0 Å².